The third kappa shape index (κ3) is 2.60. The molecule has 0 aromatic carbocycles. The van der Waals surface area contributed by atoms with Gasteiger partial charge in [-0.25, -0.2) is 4.98 Å². The molecule has 0 atom stereocenters. The summed E-state index contributed by atoms with van der Waals surface area (Å²) in [6.07, 6.45) is 11.4. The summed E-state index contributed by atoms with van der Waals surface area (Å²) in [6, 6.07) is 2.78. The van der Waals surface area contributed by atoms with E-state index in [-0.39, 0.29) is 5.91 Å². The van der Waals surface area contributed by atoms with E-state index < -0.39 is 0 Å². The number of hydrogen-bond acceptors (Lipinski definition) is 3. The molecule has 4 rings (SSSR count). The predicted molar refractivity (Wildman–Crippen MR) is 93.9 cm³/mol. The number of carbonyl (C=O) groups excluding carboxylic acids is 1. The molecule has 128 valence electrons. The van der Waals surface area contributed by atoms with Crippen molar-refractivity contribution < 1.29 is 4.79 Å². The first-order chi connectivity index (χ1) is 11.6. The Hall–Kier alpha value is -1.91. The van der Waals surface area contributed by atoms with Gasteiger partial charge in [-0.3, -0.25) is 9.48 Å². The minimum absolute atomic E-state index is 0.192. The van der Waals surface area contributed by atoms with Crippen LogP contribution in [-0.4, -0.2) is 37.7 Å². The summed E-state index contributed by atoms with van der Waals surface area (Å²) in [4.78, 5) is 20.4. The molecule has 2 heterocycles. The maximum atomic E-state index is 13.6. The summed E-state index contributed by atoms with van der Waals surface area (Å²) in [5, 5.41) is 5.20. The highest BCUT2D eigenvalue weighted by Crippen LogP contribution is 2.33. The van der Waals surface area contributed by atoms with Crippen LogP contribution in [0.15, 0.2) is 12.3 Å². The van der Waals surface area contributed by atoms with Crippen molar-refractivity contribution in [2.24, 2.45) is 7.05 Å². The van der Waals surface area contributed by atoms with Crippen molar-refractivity contribution >= 4 is 16.9 Å². The largest absolute Gasteiger partial charge is 0.333 e. The number of rotatable bonds is 3. The Bertz CT molecular complexity index is 738. The molecule has 0 N–H and O–H groups in total. The summed E-state index contributed by atoms with van der Waals surface area (Å²) in [5.74, 6) is 0.192. The minimum Gasteiger partial charge on any atom is -0.333 e. The molecule has 0 bridgehead atoms. The topological polar surface area (TPSA) is 51.0 Å². The molecule has 2 aliphatic carbocycles. The average Bonchev–Trinajstić information content (AvgIpc) is 3.31. The molecule has 2 fully saturated rings. The first-order valence-electron chi connectivity index (χ1n) is 9.27. The molecular weight excluding hydrogens is 300 g/mol. The number of nitrogens with zero attached hydrogens (tertiary/aromatic N) is 4. The first-order valence-corrected chi connectivity index (χ1v) is 9.27. The molecule has 2 saturated carbocycles. The standard InChI is InChI=1S/C19H26N4O/c1-13-11-16(17-12-20-22(2)18(17)21-13)19(24)23(14-7-3-4-8-14)15-9-5-6-10-15/h11-12,14-15H,3-10H2,1-2H3. The smallest absolute Gasteiger partial charge is 0.255 e. The van der Waals surface area contributed by atoms with E-state index in [4.69, 9.17) is 0 Å². The van der Waals surface area contributed by atoms with E-state index in [1.165, 1.54) is 25.7 Å². The van der Waals surface area contributed by atoms with Crippen LogP contribution in [0.1, 0.15) is 67.4 Å². The van der Waals surface area contributed by atoms with Gasteiger partial charge in [-0.15, -0.1) is 0 Å². The SMILES string of the molecule is Cc1cc(C(=O)N(C2CCCC2)C2CCCC2)c2cnn(C)c2n1. The van der Waals surface area contributed by atoms with Crippen LogP contribution in [0.5, 0.6) is 0 Å². The van der Waals surface area contributed by atoms with Gasteiger partial charge >= 0.3 is 0 Å². The van der Waals surface area contributed by atoms with Crippen LogP contribution in [0.25, 0.3) is 11.0 Å². The molecule has 5 nitrogen and oxygen atoms in total. The molecule has 2 aromatic heterocycles. The predicted octanol–water partition coefficient (Wildman–Crippen LogP) is 3.60. The molecule has 0 aliphatic heterocycles. The number of carbonyl (C=O) groups is 1. The number of aromatic nitrogens is 3. The molecular formula is C19H26N4O. The van der Waals surface area contributed by atoms with Crippen molar-refractivity contribution in [2.45, 2.75) is 70.4 Å². The van der Waals surface area contributed by atoms with Crippen LogP contribution in [0.2, 0.25) is 0 Å². The van der Waals surface area contributed by atoms with Gasteiger partial charge in [0.25, 0.3) is 5.91 Å². The Morgan fingerprint density at radius 2 is 1.71 bits per heavy atom. The lowest BCUT2D eigenvalue weighted by Crippen LogP contribution is -2.45. The molecule has 0 radical (unpaired) electrons. The van der Waals surface area contributed by atoms with E-state index in [0.717, 1.165) is 48.0 Å². The highest BCUT2D eigenvalue weighted by molar-refractivity contribution is 6.05. The fourth-order valence-corrected chi connectivity index (χ4v) is 4.55. The fraction of sp³-hybridized carbons (Fsp3) is 0.632. The van der Waals surface area contributed by atoms with Gasteiger partial charge in [-0.1, -0.05) is 25.7 Å². The lowest BCUT2D eigenvalue weighted by atomic mass is 10.0. The maximum absolute atomic E-state index is 13.6. The average molecular weight is 326 g/mol. The van der Waals surface area contributed by atoms with Gasteiger partial charge in [0.15, 0.2) is 5.65 Å². The Morgan fingerprint density at radius 1 is 1.12 bits per heavy atom. The zero-order chi connectivity index (χ0) is 16.7. The molecule has 24 heavy (non-hydrogen) atoms. The van der Waals surface area contributed by atoms with Crippen LogP contribution in [0.4, 0.5) is 0 Å². The zero-order valence-corrected chi connectivity index (χ0v) is 14.7. The Kier molecular flexibility index (Phi) is 4.02. The zero-order valence-electron chi connectivity index (χ0n) is 14.7. The quantitative estimate of drug-likeness (QED) is 0.866. The van der Waals surface area contributed by atoms with Crippen LogP contribution < -0.4 is 0 Å². The summed E-state index contributed by atoms with van der Waals surface area (Å²) in [5.41, 5.74) is 2.47. The van der Waals surface area contributed by atoms with Gasteiger partial charge in [0.05, 0.1) is 17.1 Å². The Morgan fingerprint density at radius 3 is 2.29 bits per heavy atom. The van der Waals surface area contributed by atoms with Crippen LogP contribution in [0, 0.1) is 6.92 Å². The van der Waals surface area contributed by atoms with Crippen molar-refractivity contribution in [2.75, 3.05) is 0 Å². The third-order valence-electron chi connectivity index (χ3n) is 5.73. The van der Waals surface area contributed by atoms with Crippen LogP contribution >= 0.6 is 0 Å². The summed E-state index contributed by atoms with van der Waals surface area (Å²) >= 11 is 0. The van der Waals surface area contributed by atoms with E-state index >= 15 is 0 Å². The molecule has 2 aliphatic rings. The Labute approximate surface area is 143 Å². The first kappa shape index (κ1) is 15.6. The number of amides is 1. The van der Waals surface area contributed by atoms with Gasteiger partial charge in [0, 0.05) is 24.8 Å². The van der Waals surface area contributed by atoms with Gasteiger partial charge < -0.3 is 4.90 Å². The second-order valence-corrected chi connectivity index (χ2v) is 7.41. The second kappa shape index (κ2) is 6.19. The molecule has 1 amide bonds. The summed E-state index contributed by atoms with van der Waals surface area (Å²) in [7, 11) is 1.88. The van der Waals surface area contributed by atoms with Gasteiger partial charge in [0.2, 0.25) is 0 Å². The lowest BCUT2D eigenvalue weighted by molar-refractivity contribution is 0.0582. The number of hydrogen-bond donors (Lipinski definition) is 0. The summed E-state index contributed by atoms with van der Waals surface area (Å²) in [6.45, 7) is 1.96. The highest BCUT2D eigenvalue weighted by Gasteiger charge is 2.35. The summed E-state index contributed by atoms with van der Waals surface area (Å²) < 4.78 is 1.76. The second-order valence-electron chi connectivity index (χ2n) is 7.41. The van der Waals surface area contributed by atoms with E-state index in [1.807, 2.05) is 20.0 Å². The van der Waals surface area contributed by atoms with Crippen molar-refractivity contribution in [3.8, 4) is 0 Å². The van der Waals surface area contributed by atoms with Gasteiger partial charge in [-0.2, -0.15) is 5.10 Å². The third-order valence-corrected chi connectivity index (χ3v) is 5.73. The molecule has 5 heteroatoms. The molecule has 0 unspecified atom stereocenters. The molecule has 0 saturated heterocycles. The Balaban J connectivity index is 1.77. The number of fused-ring (bicyclic) bond motifs is 1. The molecule has 2 aromatic rings. The van der Waals surface area contributed by atoms with Crippen molar-refractivity contribution in [3.63, 3.8) is 0 Å². The monoisotopic (exact) mass is 326 g/mol. The van der Waals surface area contributed by atoms with Crippen molar-refractivity contribution in [1.82, 2.24) is 19.7 Å². The normalized spacial score (nSPS) is 19.4. The van der Waals surface area contributed by atoms with E-state index in [1.54, 1.807) is 10.9 Å². The van der Waals surface area contributed by atoms with Crippen LogP contribution in [0.3, 0.4) is 0 Å². The van der Waals surface area contributed by atoms with Crippen LogP contribution in [-0.2, 0) is 7.05 Å². The lowest BCUT2D eigenvalue weighted by Gasteiger charge is -2.35. The van der Waals surface area contributed by atoms with Gasteiger partial charge in [0.1, 0.15) is 0 Å². The minimum atomic E-state index is 0.192. The van der Waals surface area contributed by atoms with Crippen molar-refractivity contribution in [3.05, 3.63) is 23.5 Å². The fourth-order valence-electron chi connectivity index (χ4n) is 4.55. The number of pyridine rings is 1. The number of aryl methyl sites for hydroxylation is 2. The van der Waals surface area contributed by atoms with Gasteiger partial charge in [-0.05, 0) is 38.7 Å². The highest BCUT2D eigenvalue weighted by atomic mass is 16.2. The molecule has 0 spiro atoms. The van der Waals surface area contributed by atoms with E-state index in [2.05, 4.69) is 15.0 Å². The van der Waals surface area contributed by atoms with E-state index in [0.29, 0.717) is 12.1 Å². The van der Waals surface area contributed by atoms with Crippen molar-refractivity contribution in [1.29, 1.82) is 0 Å². The maximum Gasteiger partial charge on any atom is 0.255 e. The van der Waals surface area contributed by atoms with E-state index in [9.17, 15) is 4.79 Å².